The number of benzene rings is 1. The smallest absolute Gasteiger partial charge is 0.329 e. The molecule has 0 fully saturated rings. The molecule has 0 aliphatic heterocycles. The highest BCUT2D eigenvalue weighted by atomic mass is 16.5. The summed E-state index contributed by atoms with van der Waals surface area (Å²) in [6, 6.07) is 5.53. The van der Waals surface area contributed by atoms with E-state index in [4.69, 9.17) is 5.11 Å². The number of carboxylic acid groups (broad SMARTS) is 1. The van der Waals surface area contributed by atoms with E-state index in [0.29, 0.717) is 5.56 Å². The molecule has 0 bridgehead atoms. The van der Waals surface area contributed by atoms with Gasteiger partial charge in [-0.25, -0.2) is 4.79 Å². The predicted molar refractivity (Wildman–Crippen MR) is 66.7 cm³/mol. The van der Waals surface area contributed by atoms with Crippen LogP contribution in [0.2, 0.25) is 0 Å². The van der Waals surface area contributed by atoms with E-state index in [1.165, 1.54) is 6.92 Å². The van der Waals surface area contributed by atoms with Gasteiger partial charge in [0.15, 0.2) is 6.04 Å². The van der Waals surface area contributed by atoms with Gasteiger partial charge in [0.25, 0.3) is 5.91 Å². The van der Waals surface area contributed by atoms with Crippen molar-refractivity contribution >= 4 is 17.8 Å². The van der Waals surface area contributed by atoms with Gasteiger partial charge in [-0.2, -0.15) is 0 Å². The van der Waals surface area contributed by atoms with Gasteiger partial charge in [0.1, 0.15) is 6.61 Å². The van der Waals surface area contributed by atoms with Crippen molar-refractivity contribution in [3.05, 3.63) is 35.4 Å². The fourth-order valence-corrected chi connectivity index (χ4v) is 1.44. The molecule has 0 aliphatic rings. The highest BCUT2D eigenvalue weighted by Crippen LogP contribution is 2.07. The normalized spacial score (nSPS) is 11.5. The summed E-state index contributed by atoms with van der Waals surface area (Å²) in [5.74, 6) is -2.38. The molecule has 0 aromatic heterocycles. The van der Waals surface area contributed by atoms with Gasteiger partial charge in [-0.3, -0.25) is 9.59 Å². The molecule has 0 saturated carbocycles. The number of hydrogen-bond donors (Lipinski definition) is 2. The Morgan fingerprint density at radius 2 is 1.95 bits per heavy atom. The van der Waals surface area contributed by atoms with Crippen LogP contribution in [-0.4, -0.2) is 35.6 Å². The lowest BCUT2D eigenvalue weighted by Gasteiger charge is -2.15. The van der Waals surface area contributed by atoms with E-state index >= 15 is 0 Å². The molecule has 19 heavy (non-hydrogen) atoms. The molecule has 6 heteroatoms. The fraction of sp³-hybridized carbons (Fsp3) is 0.308. The van der Waals surface area contributed by atoms with Gasteiger partial charge in [-0.1, -0.05) is 18.2 Å². The fourth-order valence-electron chi connectivity index (χ4n) is 1.44. The first kappa shape index (κ1) is 14.7. The summed E-state index contributed by atoms with van der Waals surface area (Å²) in [6.45, 7) is 2.51. The number of esters is 1. The first-order valence-corrected chi connectivity index (χ1v) is 5.64. The highest BCUT2D eigenvalue weighted by molar-refractivity contribution is 5.97. The van der Waals surface area contributed by atoms with Crippen molar-refractivity contribution in [1.29, 1.82) is 0 Å². The van der Waals surface area contributed by atoms with E-state index in [2.05, 4.69) is 10.1 Å². The maximum atomic E-state index is 11.9. The van der Waals surface area contributed by atoms with E-state index in [-0.39, 0.29) is 0 Å². The second kappa shape index (κ2) is 6.53. The van der Waals surface area contributed by atoms with Crippen LogP contribution >= 0.6 is 0 Å². The van der Waals surface area contributed by atoms with Crippen molar-refractivity contribution in [1.82, 2.24) is 5.32 Å². The van der Waals surface area contributed by atoms with E-state index in [1.54, 1.807) is 31.2 Å². The van der Waals surface area contributed by atoms with Crippen molar-refractivity contribution < 1.29 is 24.2 Å². The summed E-state index contributed by atoms with van der Waals surface area (Å²) in [5.41, 5.74) is 1.12. The molecule has 1 amide bonds. The summed E-state index contributed by atoms with van der Waals surface area (Å²) in [5, 5.41) is 11.3. The average molecular weight is 265 g/mol. The molecule has 102 valence electrons. The number of hydrogen-bond acceptors (Lipinski definition) is 4. The van der Waals surface area contributed by atoms with Crippen LogP contribution in [0.3, 0.4) is 0 Å². The van der Waals surface area contributed by atoms with Crippen LogP contribution in [-0.2, 0) is 14.3 Å². The second-order valence-electron chi connectivity index (χ2n) is 3.98. The van der Waals surface area contributed by atoms with E-state index in [0.717, 1.165) is 5.56 Å². The summed E-state index contributed by atoms with van der Waals surface area (Å²) >= 11 is 0. The summed E-state index contributed by atoms with van der Waals surface area (Å²) < 4.78 is 4.60. The van der Waals surface area contributed by atoms with Crippen molar-refractivity contribution in [2.45, 2.75) is 19.9 Å². The third-order valence-electron chi connectivity index (χ3n) is 2.45. The lowest BCUT2D eigenvalue weighted by Crippen LogP contribution is -2.44. The SMILES string of the molecule is CC(=O)OCC(NC(=O)c1ccccc1C)C(=O)O. The predicted octanol–water partition coefficient (Wildman–Crippen LogP) is 0.741. The summed E-state index contributed by atoms with van der Waals surface area (Å²) in [7, 11) is 0. The molecule has 1 aromatic carbocycles. The summed E-state index contributed by atoms with van der Waals surface area (Å²) in [6.07, 6.45) is 0. The second-order valence-corrected chi connectivity index (χ2v) is 3.98. The van der Waals surface area contributed by atoms with Crippen molar-refractivity contribution in [2.75, 3.05) is 6.61 Å². The number of nitrogens with one attached hydrogen (secondary N) is 1. The van der Waals surface area contributed by atoms with E-state index < -0.39 is 30.5 Å². The van der Waals surface area contributed by atoms with Gasteiger partial charge in [0, 0.05) is 12.5 Å². The number of amides is 1. The number of carboxylic acids is 1. The molecule has 0 saturated heterocycles. The molecular formula is C13H15NO5. The minimum absolute atomic E-state index is 0.386. The first-order valence-electron chi connectivity index (χ1n) is 5.64. The van der Waals surface area contributed by atoms with Crippen LogP contribution in [0.5, 0.6) is 0 Å². The quantitative estimate of drug-likeness (QED) is 0.766. The van der Waals surface area contributed by atoms with Crippen molar-refractivity contribution in [2.24, 2.45) is 0 Å². The monoisotopic (exact) mass is 265 g/mol. The molecule has 0 aliphatic carbocycles. The maximum Gasteiger partial charge on any atom is 0.329 e. The molecule has 0 heterocycles. The standard InChI is InChI=1S/C13H15NO5/c1-8-5-3-4-6-10(8)12(16)14-11(13(17)18)7-19-9(2)15/h3-6,11H,7H2,1-2H3,(H,14,16)(H,17,18). The zero-order chi connectivity index (χ0) is 14.4. The molecule has 0 spiro atoms. The number of rotatable bonds is 5. The Kier molecular flexibility index (Phi) is 5.05. The van der Waals surface area contributed by atoms with Crippen LogP contribution in [0.15, 0.2) is 24.3 Å². The Bertz CT molecular complexity index is 498. The zero-order valence-corrected chi connectivity index (χ0v) is 10.7. The van der Waals surface area contributed by atoms with Crippen molar-refractivity contribution in [3.63, 3.8) is 0 Å². The van der Waals surface area contributed by atoms with Crippen LogP contribution < -0.4 is 5.32 Å². The van der Waals surface area contributed by atoms with Gasteiger partial charge < -0.3 is 15.2 Å². The first-order chi connectivity index (χ1) is 8.91. The number of aryl methyl sites for hydroxylation is 1. The van der Waals surface area contributed by atoms with Crippen LogP contribution in [0, 0.1) is 6.92 Å². The minimum atomic E-state index is -1.27. The molecule has 6 nitrogen and oxygen atoms in total. The van der Waals surface area contributed by atoms with Gasteiger partial charge >= 0.3 is 11.9 Å². The molecule has 1 rings (SSSR count). The van der Waals surface area contributed by atoms with E-state index in [1.807, 2.05) is 0 Å². The number of aliphatic carboxylic acids is 1. The van der Waals surface area contributed by atoms with Crippen LogP contribution in [0.1, 0.15) is 22.8 Å². The van der Waals surface area contributed by atoms with Gasteiger partial charge in [-0.05, 0) is 18.6 Å². The van der Waals surface area contributed by atoms with Gasteiger partial charge in [0.05, 0.1) is 0 Å². The zero-order valence-electron chi connectivity index (χ0n) is 10.7. The molecule has 1 unspecified atom stereocenters. The van der Waals surface area contributed by atoms with Crippen LogP contribution in [0.25, 0.3) is 0 Å². The van der Waals surface area contributed by atoms with Crippen molar-refractivity contribution in [3.8, 4) is 0 Å². The topological polar surface area (TPSA) is 92.7 Å². The molecular weight excluding hydrogens is 250 g/mol. The Morgan fingerprint density at radius 1 is 1.32 bits per heavy atom. The highest BCUT2D eigenvalue weighted by Gasteiger charge is 2.22. The largest absolute Gasteiger partial charge is 0.480 e. The minimum Gasteiger partial charge on any atom is -0.480 e. The Hall–Kier alpha value is -2.37. The Morgan fingerprint density at radius 3 is 2.47 bits per heavy atom. The number of carbonyl (C=O) groups is 3. The number of carbonyl (C=O) groups excluding carboxylic acids is 2. The third-order valence-corrected chi connectivity index (χ3v) is 2.45. The third kappa shape index (κ3) is 4.42. The lowest BCUT2D eigenvalue weighted by atomic mass is 10.1. The van der Waals surface area contributed by atoms with E-state index in [9.17, 15) is 14.4 Å². The number of ether oxygens (including phenoxy) is 1. The molecule has 1 aromatic rings. The molecule has 1 atom stereocenters. The molecule has 0 radical (unpaired) electrons. The van der Waals surface area contributed by atoms with Gasteiger partial charge in [0.2, 0.25) is 0 Å². The average Bonchev–Trinajstić information content (AvgIpc) is 2.34. The molecule has 2 N–H and O–H groups in total. The van der Waals surface area contributed by atoms with Crippen LogP contribution in [0.4, 0.5) is 0 Å². The Balaban J connectivity index is 2.74. The lowest BCUT2D eigenvalue weighted by molar-refractivity contribution is -0.146. The maximum absolute atomic E-state index is 11.9. The Labute approximate surface area is 110 Å². The van der Waals surface area contributed by atoms with Gasteiger partial charge in [-0.15, -0.1) is 0 Å². The summed E-state index contributed by atoms with van der Waals surface area (Å²) in [4.78, 5) is 33.5.